The van der Waals surface area contributed by atoms with Crippen LogP contribution in [-0.4, -0.2) is 13.7 Å². The first-order valence-electron chi connectivity index (χ1n) is 26.8. The molecule has 0 saturated heterocycles. The van der Waals surface area contributed by atoms with Crippen LogP contribution in [0.2, 0.25) is 0 Å². The highest BCUT2D eigenvalue weighted by atomic mass is 15.1. The fraction of sp³-hybridized carbons (Fsp3) is 0. The molecule has 0 spiro atoms. The maximum Gasteiger partial charge on any atom is 0.0542 e. The number of hydrogen-bond acceptors (Lipinski definition) is 1. The van der Waals surface area contributed by atoms with Gasteiger partial charge in [-0.05, 0) is 131 Å². The van der Waals surface area contributed by atoms with Crippen LogP contribution in [0.5, 0.6) is 0 Å². The van der Waals surface area contributed by atoms with Crippen LogP contribution in [0.25, 0.3) is 126 Å². The van der Waals surface area contributed by atoms with E-state index in [1.54, 1.807) is 0 Å². The monoisotopic (exact) mass is 992 g/mol. The number of fused-ring (bicyclic) bond motifs is 11. The second-order valence-corrected chi connectivity index (χ2v) is 20.4. The van der Waals surface area contributed by atoms with Gasteiger partial charge in [-0.25, -0.2) is 0 Å². The maximum atomic E-state index is 2.49. The number of para-hydroxylation sites is 6. The van der Waals surface area contributed by atoms with E-state index in [2.05, 4.69) is 310 Å². The summed E-state index contributed by atoms with van der Waals surface area (Å²) in [7, 11) is 0. The maximum absolute atomic E-state index is 2.49. The number of aromatic nitrogens is 3. The molecule has 0 amide bonds. The summed E-state index contributed by atoms with van der Waals surface area (Å²) < 4.78 is 7.21. The number of anilines is 3. The molecule has 0 fully saturated rings. The van der Waals surface area contributed by atoms with Crippen LogP contribution in [0, 0.1) is 0 Å². The van der Waals surface area contributed by atoms with E-state index < -0.39 is 0 Å². The van der Waals surface area contributed by atoms with E-state index in [0.29, 0.717) is 0 Å². The van der Waals surface area contributed by atoms with Gasteiger partial charge >= 0.3 is 0 Å². The summed E-state index contributed by atoms with van der Waals surface area (Å²) in [6.45, 7) is 0. The average molecular weight is 993 g/mol. The highest BCUT2D eigenvalue weighted by molar-refractivity contribution is 6.16. The molecule has 364 valence electrons. The van der Waals surface area contributed by atoms with Gasteiger partial charge in [0.05, 0.1) is 50.2 Å². The van der Waals surface area contributed by atoms with Gasteiger partial charge in [-0.2, -0.15) is 0 Å². The van der Waals surface area contributed by atoms with Gasteiger partial charge in [0.25, 0.3) is 0 Å². The van der Waals surface area contributed by atoms with Gasteiger partial charge in [0.15, 0.2) is 0 Å². The smallest absolute Gasteiger partial charge is 0.0542 e. The van der Waals surface area contributed by atoms with Gasteiger partial charge in [0, 0.05) is 65.5 Å². The van der Waals surface area contributed by atoms with Gasteiger partial charge in [0.1, 0.15) is 0 Å². The molecule has 3 aromatic heterocycles. The summed E-state index contributed by atoms with van der Waals surface area (Å²) in [5, 5.41) is 12.1. The Bertz CT molecular complexity index is 4970. The highest BCUT2D eigenvalue weighted by Gasteiger charge is 2.23. The lowest BCUT2D eigenvalue weighted by molar-refractivity contribution is 1.18. The molecule has 4 nitrogen and oxygen atoms in total. The van der Waals surface area contributed by atoms with E-state index in [1.807, 2.05) is 0 Å². The summed E-state index contributed by atoms with van der Waals surface area (Å²) in [5.41, 5.74) is 18.6. The number of nitrogens with zero attached hydrogens (tertiary/aromatic N) is 4. The van der Waals surface area contributed by atoms with Gasteiger partial charge in [-0.3, -0.25) is 0 Å². The third kappa shape index (κ3) is 6.73. The molecule has 0 N–H and O–H groups in total. The van der Waals surface area contributed by atoms with Crippen molar-refractivity contribution in [2.24, 2.45) is 0 Å². The zero-order valence-corrected chi connectivity index (χ0v) is 42.5. The van der Waals surface area contributed by atoms with Crippen molar-refractivity contribution in [3.05, 3.63) is 291 Å². The van der Waals surface area contributed by atoms with Gasteiger partial charge < -0.3 is 18.6 Å². The van der Waals surface area contributed by atoms with Crippen molar-refractivity contribution >= 4 is 104 Å². The van der Waals surface area contributed by atoms with Gasteiger partial charge in [-0.1, -0.05) is 188 Å². The molecular weight excluding hydrogens is 945 g/mol. The summed E-state index contributed by atoms with van der Waals surface area (Å²) in [4.78, 5) is 2.49. The number of rotatable bonds is 8. The SMILES string of the molecule is c1ccc(-n2c3ccccc3c3cc(-c4ccc(N(c5ccc(-c6ccc7c(c6)c6ccccc6n7-c6ccccc6)c6ccccc56)c5ccc(-n6c7ccccc7c7ccccc76)c6ccccc56)cc4)ccc32)cc1. The van der Waals surface area contributed by atoms with Crippen molar-refractivity contribution in [3.63, 3.8) is 0 Å². The molecule has 3 heterocycles. The molecule has 0 aliphatic heterocycles. The molecule has 0 unspecified atom stereocenters. The van der Waals surface area contributed by atoms with Crippen molar-refractivity contribution in [2.45, 2.75) is 0 Å². The molecule has 0 bridgehead atoms. The molecular formula is C74H48N4. The minimum Gasteiger partial charge on any atom is -0.309 e. The zero-order chi connectivity index (χ0) is 51.3. The Balaban J connectivity index is 0.884. The Morgan fingerprint density at radius 1 is 0.218 bits per heavy atom. The molecule has 0 radical (unpaired) electrons. The lowest BCUT2D eigenvalue weighted by Crippen LogP contribution is -2.12. The van der Waals surface area contributed by atoms with Crippen molar-refractivity contribution in [1.82, 2.24) is 13.7 Å². The number of benzene rings is 13. The van der Waals surface area contributed by atoms with E-state index in [1.165, 1.54) is 98.3 Å². The van der Waals surface area contributed by atoms with Gasteiger partial charge in [-0.15, -0.1) is 0 Å². The summed E-state index contributed by atoms with van der Waals surface area (Å²) in [6.07, 6.45) is 0. The van der Waals surface area contributed by atoms with E-state index in [4.69, 9.17) is 0 Å². The Kier molecular flexibility index (Phi) is 9.91. The predicted octanol–water partition coefficient (Wildman–Crippen LogP) is 20.1. The van der Waals surface area contributed by atoms with Crippen molar-refractivity contribution < 1.29 is 0 Å². The van der Waals surface area contributed by atoms with Crippen molar-refractivity contribution in [3.8, 4) is 39.3 Å². The van der Waals surface area contributed by atoms with Crippen LogP contribution in [0.1, 0.15) is 0 Å². The first kappa shape index (κ1) is 43.9. The van der Waals surface area contributed by atoms with E-state index in [0.717, 1.165) is 45.1 Å². The summed E-state index contributed by atoms with van der Waals surface area (Å²) in [5.74, 6) is 0. The second-order valence-electron chi connectivity index (χ2n) is 20.4. The standard InChI is InChI=1S/C74H48N4/c1-3-19-52(20-4-1)75-66-31-15-13-29-62(66)64-47-50(37-42-73(64)75)49-35-39-54(40-36-49)77(71-45-46-72(61-26-10-9-25-60(61)71)78-68-33-17-11-27-58(68)59-28-12-18-34-69(59)78)70-44-41-55(56-23-7-8-24-57(56)70)51-38-43-74-65(48-51)63-30-14-16-32-67(63)76(74)53-21-5-2-6-22-53/h1-48H. The largest absolute Gasteiger partial charge is 0.309 e. The normalized spacial score (nSPS) is 11.8. The molecule has 0 atom stereocenters. The molecule has 0 saturated carbocycles. The van der Waals surface area contributed by atoms with Gasteiger partial charge in [0.2, 0.25) is 0 Å². The molecule has 0 aliphatic rings. The van der Waals surface area contributed by atoms with E-state index in [9.17, 15) is 0 Å². The van der Waals surface area contributed by atoms with Crippen LogP contribution in [0.4, 0.5) is 17.1 Å². The first-order valence-corrected chi connectivity index (χ1v) is 26.8. The van der Waals surface area contributed by atoms with Crippen LogP contribution in [0.15, 0.2) is 291 Å². The summed E-state index contributed by atoms with van der Waals surface area (Å²) >= 11 is 0. The third-order valence-corrected chi connectivity index (χ3v) is 16.2. The lowest BCUT2D eigenvalue weighted by Gasteiger charge is -2.29. The minimum absolute atomic E-state index is 1.07. The average Bonchev–Trinajstić information content (AvgIpc) is 4.35. The van der Waals surface area contributed by atoms with Crippen LogP contribution in [-0.2, 0) is 0 Å². The Hall–Kier alpha value is -10.4. The summed E-state index contributed by atoms with van der Waals surface area (Å²) in [6, 6.07) is 107. The molecule has 16 rings (SSSR count). The van der Waals surface area contributed by atoms with Crippen LogP contribution < -0.4 is 4.90 Å². The third-order valence-electron chi connectivity index (χ3n) is 16.2. The second kappa shape index (κ2) is 17.6. The van der Waals surface area contributed by atoms with E-state index >= 15 is 0 Å². The fourth-order valence-electron chi connectivity index (χ4n) is 12.8. The van der Waals surface area contributed by atoms with Crippen molar-refractivity contribution in [1.29, 1.82) is 0 Å². The lowest BCUT2D eigenvalue weighted by atomic mass is 9.94. The Labute approximate surface area is 450 Å². The minimum atomic E-state index is 1.07. The zero-order valence-electron chi connectivity index (χ0n) is 42.5. The quantitative estimate of drug-likeness (QED) is 0.148. The predicted molar refractivity (Wildman–Crippen MR) is 330 cm³/mol. The Morgan fingerprint density at radius 3 is 1.13 bits per heavy atom. The van der Waals surface area contributed by atoms with E-state index in [-0.39, 0.29) is 0 Å². The molecule has 78 heavy (non-hydrogen) atoms. The number of hydrogen-bond donors (Lipinski definition) is 0. The molecule has 16 aromatic rings. The first-order chi connectivity index (χ1) is 38.7. The highest BCUT2D eigenvalue weighted by Crippen LogP contribution is 2.47. The van der Waals surface area contributed by atoms with Crippen molar-refractivity contribution in [2.75, 3.05) is 4.90 Å². The fourth-order valence-corrected chi connectivity index (χ4v) is 12.8. The Morgan fingerprint density at radius 2 is 0.590 bits per heavy atom. The molecule has 0 aliphatic carbocycles. The molecule has 4 heteroatoms. The van der Waals surface area contributed by atoms with Crippen LogP contribution in [0.3, 0.4) is 0 Å². The molecule has 13 aromatic carbocycles. The van der Waals surface area contributed by atoms with Crippen LogP contribution >= 0.6 is 0 Å². The topological polar surface area (TPSA) is 18.0 Å².